The lowest BCUT2D eigenvalue weighted by Gasteiger charge is -2.02. The third-order valence-electron chi connectivity index (χ3n) is 1.67. The number of oxime groups is 1. The first kappa shape index (κ1) is 13.7. The van der Waals surface area contributed by atoms with Crippen LogP contribution in [0.2, 0.25) is 0 Å². The van der Waals surface area contributed by atoms with E-state index >= 15 is 0 Å². The minimum absolute atomic E-state index is 0.223. The van der Waals surface area contributed by atoms with Crippen molar-refractivity contribution >= 4 is 11.9 Å². The van der Waals surface area contributed by atoms with Crippen LogP contribution in [0.4, 0.5) is 0 Å². The Labute approximate surface area is 90.1 Å². The molecule has 0 rings (SSSR count). The summed E-state index contributed by atoms with van der Waals surface area (Å²) >= 11 is 0. The number of hydrogen-bond donors (Lipinski definition) is 1. The van der Waals surface area contributed by atoms with Crippen LogP contribution in [-0.2, 0) is 14.4 Å². The van der Waals surface area contributed by atoms with Crippen molar-refractivity contribution in [3.8, 4) is 0 Å². The molecule has 5 heteroatoms. The van der Waals surface area contributed by atoms with Gasteiger partial charge in [-0.25, -0.2) is 0 Å². The van der Waals surface area contributed by atoms with Crippen molar-refractivity contribution in [2.75, 3.05) is 13.2 Å². The zero-order chi connectivity index (χ0) is 11.5. The van der Waals surface area contributed by atoms with E-state index in [-0.39, 0.29) is 6.42 Å². The molecule has 0 aromatic carbocycles. The molecule has 0 aromatic rings. The zero-order valence-corrected chi connectivity index (χ0v) is 9.36. The van der Waals surface area contributed by atoms with E-state index in [0.29, 0.717) is 25.5 Å². The number of aliphatic carboxylic acids is 1. The van der Waals surface area contributed by atoms with Crippen molar-refractivity contribution < 1.29 is 19.5 Å². The summed E-state index contributed by atoms with van der Waals surface area (Å²) < 4.78 is 5.05. The molecule has 15 heavy (non-hydrogen) atoms. The maximum atomic E-state index is 10.2. The Morgan fingerprint density at radius 1 is 1.33 bits per heavy atom. The molecule has 0 saturated heterocycles. The second-order valence-corrected chi connectivity index (χ2v) is 3.08. The van der Waals surface area contributed by atoms with Crippen LogP contribution in [0.5, 0.6) is 0 Å². The second kappa shape index (κ2) is 9.30. The summed E-state index contributed by atoms with van der Waals surface area (Å²) in [6.07, 6.45) is 2.57. The molecule has 1 N–H and O–H groups in total. The molecule has 0 unspecified atom stereocenters. The molecule has 0 bridgehead atoms. The van der Waals surface area contributed by atoms with Gasteiger partial charge >= 0.3 is 5.97 Å². The van der Waals surface area contributed by atoms with Crippen molar-refractivity contribution in [2.24, 2.45) is 5.16 Å². The van der Waals surface area contributed by atoms with Crippen LogP contribution in [0.3, 0.4) is 0 Å². The van der Waals surface area contributed by atoms with Crippen LogP contribution in [0.1, 0.15) is 39.5 Å². The molecule has 0 atom stereocenters. The number of hydrogen-bond acceptors (Lipinski definition) is 4. The van der Waals surface area contributed by atoms with Crippen LogP contribution in [-0.4, -0.2) is 30.2 Å². The van der Waals surface area contributed by atoms with Gasteiger partial charge in [-0.05, 0) is 26.2 Å². The maximum Gasteiger partial charge on any atom is 0.303 e. The predicted molar refractivity (Wildman–Crippen MR) is 56.8 cm³/mol. The fourth-order valence-electron chi connectivity index (χ4n) is 0.991. The van der Waals surface area contributed by atoms with Crippen molar-refractivity contribution in [1.29, 1.82) is 0 Å². The fraction of sp³-hybridized carbons (Fsp3) is 0.800. The average Bonchev–Trinajstić information content (AvgIpc) is 2.16. The van der Waals surface area contributed by atoms with Gasteiger partial charge in [-0.3, -0.25) is 4.79 Å². The maximum absolute atomic E-state index is 10.2. The van der Waals surface area contributed by atoms with Crippen LogP contribution < -0.4 is 0 Å². The first-order valence-corrected chi connectivity index (χ1v) is 5.18. The van der Waals surface area contributed by atoms with Crippen LogP contribution in [0, 0.1) is 0 Å². The second-order valence-electron chi connectivity index (χ2n) is 3.08. The van der Waals surface area contributed by atoms with E-state index in [2.05, 4.69) is 5.16 Å². The van der Waals surface area contributed by atoms with E-state index in [1.807, 2.05) is 6.92 Å². The van der Waals surface area contributed by atoms with Crippen molar-refractivity contribution in [3.63, 3.8) is 0 Å². The summed E-state index contributed by atoms with van der Waals surface area (Å²) in [5, 5.41) is 12.1. The SMILES string of the molecule is CCO/C(C)=N/OCCCCCC(=O)O. The lowest BCUT2D eigenvalue weighted by atomic mass is 10.2. The summed E-state index contributed by atoms with van der Waals surface area (Å²) in [6.45, 7) is 4.69. The lowest BCUT2D eigenvalue weighted by molar-refractivity contribution is -0.137. The van der Waals surface area contributed by atoms with Crippen LogP contribution in [0.25, 0.3) is 0 Å². The highest BCUT2D eigenvalue weighted by molar-refractivity contribution is 5.72. The molecule has 5 nitrogen and oxygen atoms in total. The third kappa shape index (κ3) is 10.7. The first-order valence-electron chi connectivity index (χ1n) is 5.18. The molecular formula is C10H19NO4. The Bertz CT molecular complexity index is 204. The molecule has 0 aliphatic heterocycles. The lowest BCUT2D eigenvalue weighted by Crippen LogP contribution is -2.00. The van der Waals surface area contributed by atoms with Crippen molar-refractivity contribution in [2.45, 2.75) is 39.5 Å². The monoisotopic (exact) mass is 217 g/mol. The molecule has 0 amide bonds. The van der Waals surface area contributed by atoms with E-state index in [1.165, 1.54) is 0 Å². The predicted octanol–water partition coefficient (Wildman–Crippen LogP) is 2.02. The number of carboxylic acid groups (broad SMARTS) is 1. The fourth-order valence-corrected chi connectivity index (χ4v) is 0.991. The van der Waals surface area contributed by atoms with E-state index in [1.54, 1.807) is 6.92 Å². The molecule has 0 heterocycles. The van der Waals surface area contributed by atoms with E-state index < -0.39 is 5.97 Å². The Morgan fingerprint density at radius 2 is 2.07 bits per heavy atom. The van der Waals surface area contributed by atoms with E-state index in [0.717, 1.165) is 12.8 Å². The van der Waals surface area contributed by atoms with Gasteiger partial charge in [0, 0.05) is 13.3 Å². The van der Waals surface area contributed by atoms with Crippen molar-refractivity contribution in [3.05, 3.63) is 0 Å². The highest BCUT2D eigenvalue weighted by Gasteiger charge is 1.96. The molecule has 0 fully saturated rings. The Kier molecular flexibility index (Phi) is 8.52. The Hall–Kier alpha value is -1.26. The first-order chi connectivity index (χ1) is 7.16. The van der Waals surface area contributed by atoms with Crippen LogP contribution in [0.15, 0.2) is 5.16 Å². The average molecular weight is 217 g/mol. The summed E-state index contributed by atoms with van der Waals surface area (Å²) in [5.41, 5.74) is 0. The molecule has 0 aromatic heterocycles. The van der Waals surface area contributed by atoms with Gasteiger partial charge < -0.3 is 14.7 Å². The number of carbonyl (C=O) groups is 1. The molecular weight excluding hydrogens is 198 g/mol. The van der Waals surface area contributed by atoms with E-state index in [9.17, 15) is 4.79 Å². The van der Waals surface area contributed by atoms with Crippen LogP contribution >= 0.6 is 0 Å². The Balaban J connectivity index is 3.24. The van der Waals surface area contributed by atoms with Gasteiger partial charge in [-0.2, -0.15) is 0 Å². The number of unbranched alkanes of at least 4 members (excludes halogenated alkanes) is 2. The minimum Gasteiger partial charge on any atom is -0.481 e. The molecule has 88 valence electrons. The minimum atomic E-state index is -0.749. The quantitative estimate of drug-likeness (QED) is 0.292. The molecule has 0 aliphatic rings. The van der Waals surface area contributed by atoms with Gasteiger partial charge in [-0.15, -0.1) is 0 Å². The van der Waals surface area contributed by atoms with Crippen molar-refractivity contribution in [1.82, 2.24) is 0 Å². The molecule has 0 saturated carbocycles. The zero-order valence-electron chi connectivity index (χ0n) is 9.36. The topological polar surface area (TPSA) is 68.1 Å². The highest BCUT2D eigenvalue weighted by Crippen LogP contribution is 2.00. The standard InChI is InChI=1S/C10H19NO4/c1-3-14-9(2)11-15-8-6-4-5-7-10(12)13/h3-8H2,1-2H3,(H,12,13)/b11-9+. The van der Waals surface area contributed by atoms with E-state index in [4.69, 9.17) is 14.7 Å². The molecule has 0 spiro atoms. The number of rotatable bonds is 8. The van der Waals surface area contributed by atoms with Gasteiger partial charge in [0.2, 0.25) is 5.90 Å². The summed E-state index contributed by atoms with van der Waals surface area (Å²) in [4.78, 5) is 15.2. The number of ether oxygens (including phenoxy) is 1. The third-order valence-corrected chi connectivity index (χ3v) is 1.67. The smallest absolute Gasteiger partial charge is 0.303 e. The summed E-state index contributed by atoms with van der Waals surface area (Å²) in [6, 6.07) is 0. The molecule has 0 radical (unpaired) electrons. The summed E-state index contributed by atoms with van der Waals surface area (Å²) in [5.74, 6) is -0.232. The van der Waals surface area contributed by atoms with Gasteiger partial charge in [0.05, 0.1) is 6.61 Å². The highest BCUT2D eigenvalue weighted by atomic mass is 16.6. The van der Waals surface area contributed by atoms with Gasteiger partial charge in [0.15, 0.2) is 0 Å². The normalized spacial score (nSPS) is 11.2. The van der Waals surface area contributed by atoms with Gasteiger partial charge in [0.1, 0.15) is 6.61 Å². The largest absolute Gasteiger partial charge is 0.481 e. The van der Waals surface area contributed by atoms with Gasteiger partial charge in [0.25, 0.3) is 0 Å². The Morgan fingerprint density at radius 3 is 2.67 bits per heavy atom. The molecule has 0 aliphatic carbocycles. The number of nitrogens with zero attached hydrogens (tertiary/aromatic N) is 1. The van der Waals surface area contributed by atoms with Gasteiger partial charge in [-0.1, -0.05) is 5.16 Å². The summed E-state index contributed by atoms with van der Waals surface area (Å²) in [7, 11) is 0. The number of carboxylic acids is 1.